The highest BCUT2D eigenvalue weighted by molar-refractivity contribution is 5.54. The Morgan fingerprint density at radius 3 is 3.00 bits per heavy atom. The lowest BCUT2D eigenvalue weighted by atomic mass is 9.91. The first-order valence-corrected chi connectivity index (χ1v) is 5.59. The Labute approximate surface area is 94.0 Å². The van der Waals surface area contributed by atoms with Gasteiger partial charge in [0.05, 0.1) is 6.54 Å². The number of anilines is 1. The van der Waals surface area contributed by atoms with Crippen molar-refractivity contribution in [3.63, 3.8) is 0 Å². The van der Waals surface area contributed by atoms with Crippen LogP contribution < -0.4 is 10.6 Å². The number of halogens is 2. The summed E-state index contributed by atoms with van der Waals surface area (Å²) >= 11 is 0. The van der Waals surface area contributed by atoms with Gasteiger partial charge in [-0.2, -0.15) is 0 Å². The highest BCUT2D eigenvalue weighted by Gasteiger charge is 2.19. The van der Waals surface area contributed by atoms with Crippen LogP contribution in [0.5, 0.6) is 0 Å². The van der Waals surface area contributed by atoms with Crippen molar-refractivity contribution in [3.8, 4) is 0 Å². The molecule has 1 aromatic carbocycles. The molecule has 88 valence electrons. The van der Waals surface area contributed by atoms with Crippen LogP contribution >= 0.6 is 0 Å². The van der Waals surface area contributed by atoms with Crippen LogP contribution in [0.25, 0.3) is 0 Å². The predicted octanol–water partition coefficient (Wildman–Crippen LogP) is 2.44. The summed E-state index contributed by atoms with van der Waals surface area (Å²) in [6, 6.07) is 8.08. The number of nitrogens with one attached hydrogen (secondary N) is 2. The van der Waals surface area contributed by atoms with E-state index in [1.54, 1.807) is 0 Å². The molecule has 16 heavy (non-hydrogen) atoms. The van der Waals surface area contributed by atoms with E-state index in [4.69, 9.17) is 0 Å². The number of hydrogen-bond acceptors (Lipinski definition) is 2. The lowest BCUT2D eigenvalue weighted by molar-refractivity contribution is 0.145. The minimum atomic E-state index is -2.27. The van der Waals surface area contributed by atoms with E-state index in [2.05, 4.69) is 16.7 Å². The number of benzene rings is 1. The quantitative estimate of drug-likeness (QED) is 0.824. The van der Waals surface area contributed by atoms with Gasteiger partial charge in [0.25, 0.3) is 6.43 Å². The van der Waals surface area contributed by atoms with Crippen LogP contribution in [0.4, 0.5) is 14.5 Å². The zero-order chi connectivity index (χ0) is 11.4. The summed E-state index contributed by atoms with van der Waals surface area (Å²) in [5, 5.41) is 6.13. The van der Waals surface area contributed by atoms with Crippen LogP contribution in [-0.4, -0.2) is 26.1 Å². The first-order valence-electron chi connectivity index (χ1n) is 5.59. The molecule has 1 aliphatic heterocycles. The fourth-order valence-corrected chi connectivity index (χ4v) is 2.13. The third-order valence-electron chi connectivity index (χ3n) is 2.90. The average Bonchev–Trinajstić information content (AvgIpc) is 2.29. The van der Waals surface area contributed by atoms with Crippen molar-refractivity contribution >= 4 is 5.69 Å². The van der Waals surface area contributed by atoms with E-state index in [9.17, 15) is 8.78 Å². The Bertz CT molecular complexity index is 342. The molecule has 0 radical (unpaired) electrons. The number of fused-ring (bicyclic) bond motifs is 1. The molecule has 0 aromatic heterocycles. The van der Waals surface area contributed by atoms with Crippen LogP contribution in [0, 0.1) is 0 Å². The minimum absolute atomic E-state index is 0.216. The van der Waals surface area contributed by atoms with Gasteiger partial charge in [-0.05, 0) is 18.1 Å². The molecule has 4 heteroatoms. The van der Waals surface area contributed by atoms with Gasteiger partial charge in [-0.3, -0.25) is 0 Å². The van der Waals surface area contributed by atoms with Crippen LogP contribution in [0.1, 0.15) is 17.9 Å². The molecule has 0 saturated heterocycles. The second kappa shape index (κ2) is 5.25. The van der Waals surface area contributed by atoms with Crippen molar-refractivity contribution in [2.75, 3.05) is 25.0 Å². The number of para-hydroxylation sites is 1. The first-order chi connectivity index (χ1) is 7.77. The molecular formula is C12H16F2N2. The minimum Gasteiger partial charge on any atom is -0.385 e. The molecule has 2 rings (SSSR count). The third kappa shape index (κ3) is 2.70. The Morgan fingerprint density at radius 1 is 1.38 bits per heavy atom. The molecule has 1 atom stereocenters. The highest BCUT2D eigenvalue weighted by Crippen LogP contribution is 2.30. The molecule has 0 fully saturated rings. The maximum Gasteiger partial charge on any atom is 0.250 e. The Balaban J connectivity index is 1.96. The zero-order valence-corrected chi connectivity index (χ0v) is 9.05. The van der Waals surface area contributed by atoms with Gasteiger partial charge in [0.15, 0.2) is 0 Å². The first kappa shape index (κ1) is 11.3. The van der Waals surface area contributed by atoms with Gasteiger partial charge in [0.1, 0.15) is 0 Å². The van der Waals surface area contributed by atoms with Crippen LogP contribution in [-0.2, 0) is 0 Å². The van der Waals surface area contributed by atoms with Crippen molar-refractivity contribution in [1.82, 2.24) is 5.32 Å². The van der Waals surface area contributed by atoms with Gasteiger partial charge in [0.2, 0.25) is 0 Å². The van der Waals surface area contributed by atoms with E-state index in [-0.39, 0.29) is 6.54 Å². The van der Waals surface area contributed by atoms with E-state index in [0.717, 1.165) is 18.7 Å². The second-order valence-electron chi connectivity index (χ2n) is 4.05. The largest absolute Gasteiger partial charge is 0.385 e. The van der Waals surface area contributed by atoms with Crippen molar-refractivity contribution in [2.45, 2.75) is 18.8 Å². The fraction of sp³-hybridized carbons (Fsp3) is 0.500. The van der Waals surface area contributed by atoms with Crippen LogP contribution in [0.2, 0.25) is 0 Å². The monoisotopic (exact) mass is 226 g/mol. The Kier molecular flexibility index (Phi) is 3.72. The molecule has 0 bridgehead atoms. The summed E-state index contributed by atoms with van der Waals surface area (Å²) in [5.74, 6) is 0.344. The van der Waals surface area contributed by atoms with Gasteiger partial charge in [0, 0.05) is 24.7 Å². The summed E-state index contributed by atoms with van der Waals surface area (Å²) < 4.78 is 24.0. The smallest absolute Gasteiger partial charge is 0.250 e. The lowest BCUT2D eigenvalue weighted by Gasteiger charge is -2.26. The van der Waals surface area contributed by atoms with Gasteiger partial charge >= 0.3 is 0 Å². The molecule has 1 unspecified atom stereocenters. The van der Waals surface area contributed by atoms with Gasteiger partial charge < -0.3 is 10.6 Å². The van der Waals surface area contributed by atoms with Crippen molar-refractivity contribution in [1.29, 1.82) is 0 Å². The molecule has 1 heterocycles. The van der Waals surface area contributed by atoms with E-state index < -0.39 is 6.43 Å². The van der Waals surface area contributed by atoms with E-state index in [1.807, 2.05) is 18.2 Å². The number of alkyl halides is 2. The SMILES string of the molecule is FC(F)CNCC1CCNc2ccccc21. The van der Waals surface area contributed by atoms with Crippen LogP contribution in [0.3, 0.4) is 0 Å². The molecule has 0 saturated carbocycles. The maximum atomic E-state index is 12.0. The molecule has 2 nitrogen and oxygen atoms in total. The molecule has 1 aliphatic rings. The zero-order valence-electron chi connectivity index (χ0n) is 9.05. The number of rotatable bonds is 4. The Morgan fingerprint density at radius 2 is 2.19 bits per heavy atom. The van der Waals surface area contributed by atoms with E-state index in [0.29, 0.717) is 12.5 Å². The maximum absolute atomic E-state index is 12.0. The van der Waals surface area contributed by atoms with Gasteiger partial charge in [-0.25, -0.2) is 8.78 Å². The van der Waals surface area contributed by atoms with Crippen LogP contribution in [0.15, 0.2) is 24.3 Å². The standard InChI is InChI=1S/C12H16F2N2/c13-12(14)8-15-7-9-5-6-16-11-4-2-1-3-10(9)11/h1-4,9,12,15-16H,5-8H2. The predicted molar refractivity (Wildman–Crippen MR) is 61.2 cm³/mol. The number of hydrogen-bond donors (Lipinski definition) is 2. The highest BCUT2D eigenvalue weighted by atomic mass is 19.3. The van der Waals surface area contributed by atoms with Crippen molar-refractivity contribution in [3.05, 3.63) is 29.8 Å². The van der Waals surface area contributed by atoms with E-state index in [1.165, 1.54) is 5.56 Å². The molecule has 0 amide bonds. The summed E-state index contributed by atoms with van der Waals surface area (Å²) in [4.78, 5) is 0. The van der Waals surface area contributed by atoms with Crippen molar-refractivity contribution in [2.24, 2.45) is 0 Å². The summed E-state index contributed by atoms with van der Waals surface area (Å²) in [6.07, 6.45) is -1.27. The molecule has 0 spiro atoms. The fourth-order valence-electron chi connectivity index (χ4n) is 2.13. The molecule has 1 aromatic rings. The average molecular weight is 226 g/mol. The van der Waals surface area contributed by atoms with Crippen molar-refractivity contribution < 1.29 is 8.78 Å². The summed E-state index contributed by atoms with van der Waals surface area (Å²) in [5.41, 5.74) is 2.37. The van der Waals surface area contributed by atoms with Gasteiger partial charge in [-0.15, -0.1) is 0 Å². The third-order valence-corrected chi connectivity index (χ3v) is 2.90. The second-order valence-corrected chi connectivity index (χ2v) is 4.05. The summed E-state index contributed by atoms with van der Waals surface area (Å²) in [7, 11) is 0. The molecule has 2 N–H and O–H groups in total. The lowest BCUT2D eigenvalue weighted by Crippen LogP contribution is -2.29. The van der Waals surface area contributed by atoms with Gasteiger partial charge in [-0.1, -0.05) is 18.2 Å². The normalized spacial score (nSPS) is 19.3. The summed E-state index contributed by atoms with van der Waals surface area (Å²) in [6.45, 7) is 1.33. The molecular weight excluding hydrogens is 210 g/mol. The molecule has 0 aliphatic carbocycles. The van der Waals surface area contributed by atoms with E-state index >= 15 is 0 Å². The Hall–Kier alpha value is -1.16. The topological polar surface area (TPSA) is 24.1 Å².